The van der Waals surface area contributed by atoms with Crippen molar-refractivity contribution in [1.82, 2.24) is 14.8 Å². The predicted molar refractivity (Wildman–Crippen MR) is 65.8 cm³/mol. The number of nitrogens with zero attached hydrogens (tertiary/aromatic N) is 3. The summed E-state index contributed by atoms with van der Waals surface area (Å²) in [5.41, 5.74) is 5.94. The zero-order chi connectivity index (χ0) is 12.3. The van der Waals surface area contributed by atoms with Gasteiger partial charge in [0.25, 0.3) is 0 Å². The van der Waals surface area contributed by atoms with Gasteiger partial charge >= 0.3 is 0 Å². The van der Waals surface area contributed by atoms with Crippen LogP contribution >= 0.6 is 0 Å². The van der Waals surface area contributed by atoms with Gasteiger partial charge in [-0.15, -0.1) is 10.2 Å². The molecule has 0 fully saturated rings. The Morgan fingerprint density at radius 2 is 1.81 bits per heavy atom. The highest BCUT2D eigenvalue weighted by Crippen LogP contribution is 2.25. The lowest BCUT2D eigenvalue weighted by Gasteiger charge is -2.22. The molecule has 0 bridgehead atoms. The summed E-state index contributed by atoms with van der Waals surface area (Å²) < 4.78 is 2.01. The highest BCUT2D eigenvalue weighted by atomic mass is 15.3. The maximum absolute atomic E-state index is 5.57. The zero-order valence-electron chi connectivity index (χ0n) is 11.1. The molecular weight excluding hydrogens is 200 g/mol. The van der Waals surface area contributed by atoms with Crippen molar-refractivity contribution in [3.05, 3.63) is 11.6 Å². The summed E-state index contributed by atoms with van der Waals surface area (Å²) in [7, 11) is 1.99. The number of aromatic nitrogens is 3. The molecule has 92 valence electrons. The van der Waals surface area contributed by atoms with Crippen LogP contribution in [0.2, 0.25) is 0 Å². The van der Waals surface area contributed by atoms with Crippen molar-refractivity contribution in [3.8, 4) is 0 Å². The van der Waals surface area contributed by atoms with E-state index < -0.39 is 0 Å². The SMILES string of the molecule is CC(Cc1nnc(CN)n1C)CC(C)(C)C. The van der Waals surface area contributed by atoms with E-state index in [1.807, 2.05) is 11.6 Å². The molecule has 0 radical (unpaired) electrons. The van der Waals surface area contributed by atoms with Crippen molar-refractivity contribution < 1.29 is 0 Å². The maximum Gasteiger partial charge on any atom is 0.146 e. The summed E-state index contributed by atoms with van der Waals surface area (Å²) in [5, 5.41) is 8.26. The fourth-order valence-electron chi connectivity index (χ4n) is 2.18. The van der Waals surface area contributed by atoms with Crippen molar-refractivity contribution in [2.24, 2.45) is 24.1 Å². The van der Waals surface area contributed by atoms with Gasteiger partial charge in [-0.3, -0.25) is 0 Å². The molecule has 1 unspecified atom stereocenters. The van der Waals surface area contributed by atoms with Gasteiger partial charge in [0, 0.05) is 13.5 Å². The quantitative estimate of drug-likeness (QED) is 0.849. The molecule has 0 saturated heterocycles. The largest absolute Gasteiger partial charge is 0.324 e. The van der Waals surface area contributed by atoms with E-state index in [1.54, 1.807) is 0 Å². The topological polar surface area (TPSA) is 56.7 Å². The van der Waals surface area contributed by atoms with Crippen LogP contribution in [0.5, 0.6) is 0 Å². The van der Waals surface area contributed by atoms with Gasteiger partial charge in [0.15, 0.2) is 0 Å². The van der Waals surface area contributed by atoms with Crippen LogP contribution in [0, 0.1) is 11.3 Å². The zero-order valence-corrected chi connectivity index (χ0v) is 11.1. The van der Waals surface area contributed by atoms with E-state index in [1.165, 1.54) is 6.42 Å². The molecule has 2 N–H and O–H groups in total. The third kappa shape index (κ3) is 3.59. The number of rotatable bonds is 4. The van der Waals surface area contributed by atoms with Gasteiger partial charge in [0.2, 0.25) is 0 Å². The van der Waals surface area contributed by atoms with Crippen LogP contribution in [0.25, 0.3) is 0 Å². The highest BCUT2D eigenvalue weighted by Gasteiger charge is 2.18. The molecule has 1 aromatic heterocycles. The Hall–Kier alpha value is -0.900. The minimum Gasteiger partial charge on any atom is -0.324 e. The summed E-state index contributed by atoms with van der Waals surface area (Å²) >= 11 is 0. The van der Waals surface area contributed by atoms with E-state index in [9.17, 15) is 0 Å². The average molecular weight is 224 g/mol. The molecule has 1 heterocycles. The third-order valence-electron chi connectivity index (χ3n) is 2.73. The van der Waals surface area contributed by atoms with Crippen molar-refractivity contribution in [1.29, 1.82) is 0 Å². The van der Waals surface area contributed by atoms with Crippen LogP contribution in [0.15, 0.2) is 0 Å². The standard InChI is InChI=1S/C12H24N4/c1-9(7-12(2,3)4)6-10-14-15-11(8-13)16(10)5/h9H,6-8,13H2,1-5H3. The molecule has 0 aromatic carbocycles. The Morgan fingerprint density at radius 3 is 2.25 bits per heavy atom. The fourth-order valence-corrected chi connectivity index (χ4v) is 2.18. The summed E-state index contributed by atoms with van der Waals surface area (Å²) in [6, 6.07) is 0. The number of nitrogens with two attached hydrogens (primary N) is 1. The van der Waals surface area contributed by atoms with Gasteiger partial charge in [0.1, 0.15) is 11.6 Å². The summed E-state index contributed by atoms with van der Waals surface area (Å²) in [6.07, 6.45) is 2.17. The Balaban J connectivity index is 2.63. The van der Waals surface area contributed by atoms with E-state index in [2.05, 4.69) is 37.9 Å². The van der Waals surface area contributed by atoms with E-state index in [0.717, 1.165) is 18.1 Å². The Kier molecular flexibility index (Phi) is 4.08. The first-order valence-corrected chi connectivity index (χ1v) is 5.90. The molecule has 0 amide bonds. The first-order chi connectivity index (χ1) is 7.33. The highest BCUT2D eigenvalue weighted by molar-refractivity contribution is 4.95. The third-order valence-corrected chi connectivity index (χ3v) is 2.73. The van der Waals surface area contributed by atoms with Crippen molar-refractivity contribution in [2.75, 3.05) is 0 Å². The average Bonchev–Trinajstić information content (AvgIpc) is 2.44. The van der Waals surface area contributed by atoms with Gasteiger partial charge in [-0.05, 0) is 17.8 Å². The Morgan fingerprint density at radius 1 is 1.25 bits per heavy atom. The summed E-state index contributed by atoms with van der Waals surface area (Å²) in [4.78, 5) is 0. The van der Waals surface area contributed by atoms with Crippen LogP contribution in [-0.2, 0) is 20.0 Å². The van der Waals surface area contributed by atoms with Crippen LogP contribution in [-0.4, -0.2) is 14.8 Å². The second-order valence-electron chi connectivity index (χ2n) is 5.87. The van der Waals surface area contributed by atoms with Gasteiger partial charge in [-0.25, -0.2) is 0 Å². The van der Waals surface area contributed by atoms with Crippen LogP contribution in [0.3, 0.4) is 0 Å². The minimum atomic E-state index is 0.370. The molecule has 0 spiro atoms. The second kappa shape index (κ2) is 4.95. The number of hydrogen-bond acceptors (Lipinski definition) is 3. The van der Waals surface area contributed by atoms with Gasteiger partial charge in [-0.2, -0.15) is 0 Å². The van der Waals surface area contributed by atoms with E-state index >= 15 is 0 Å². The van der Waals surface area contributed by atoms with E-state index in [0.29, 0.717) is 17.9 Å². The van der Waals surface area contributed by atoms with Crippen molar-refractivity contribution in [2.45, 2.75) is 47.1 Å². The van der Waals surface area contributed by atoms with Crippen LogP contribution in [0.1, 0.15) is 45.8 Å². The molecule has 1 atom stereocenters. The maximum atomic E-state index is 5.57. The first-order valence-electron chi connectivity index (χ1n) is 5.90. The van der Waals surface area contributed by atoms with Gasteiger partial charge < -0.3 is 10.3 Å². The number of hydrogen-bond donors (Lipinski definition) is 1. The lowest BCUT2D eigenvalue weighted by molar-refractivity contribution is 0.302. The van der Waals surface area contributed by atoms with Gasteiger partial charge in [0.05, 0.1) is 6.54 Å². The first kappa shape index (κ1) is 13.2. The molecule has 4 nitrogen and oxygen atoms in total. The molecule has 0 aliphatic rings. The molecule has 0 aliphatic carbocycles. The Bertz CT molecular complexity index is 335. The molecule has 4 heteroatoms. The molecule has 16 heavy (non-hydrogen) atoms. The lowest BCUT2D eigenvalue weighted by atomic mass is 9.84. The molecule has 0 saturated carbocycles. The van der Waals surface area contributed by atoms with Crippen LogP contribution < -0.4 is 5.73 Å². The lowest BCUT2D eigenvalue weighted by Crippen LogP contribution is -2.15. The van der Waals surface area contributed by atoms with E-state index in [4.69, 9.17) is 5.73 Å². The predicted octanol–water partition coefficient (Wildman–Crippen LogP) is 1.89. The summed E-state index contributed by atoms with van der Waals surface area (Å²) in [6.45, 7) is 9.53. The Labute approximate surface area is 98.2 Å². The molecule has 1 aromatic rings. The molecule has 0 aliphatic heterocycles. The normalized spacial score (nSPS) is 14.1. The van der Waals surface area contributed by atoms with E-state index in [-0.39, 0.29) is 0 Å². The second-order valence-corrected chi connectivity index (χ2v) is 5.87. The monoisotopic (exact) mass is 224 g/mol. The summed E-state index contributed by atoms with van der Waals surface area (Å²) in [5.74, 6) is 2.52. The smallest absolute Gasteiger partial charge is 0.146 e. The van der Waals surface area contributed by atoms with Crippen molar-refractivity contribution >= 4 is 0 Å². The minimum absolute atomic E-state index is 0.370. The molecule has 1 rings (SSSR count). The van der Waals surface area contributed by atoms with Crippen LogP contribution in [0.4, 0.5) is 0 Å². The molecular formula is C12H24N4. The van der Waals surface area contributed by atoms with Gasteiger partial charge in [-0.1, -0.05) is 27.7 Å². The van der Waals surface area contributed by atoms with Crippen molar-refractivity contribution in [3.63, 3.8) is 0 Å². The fraction of sp³-hybridized carbons (Fsp3) is 0.833.